The molecule has 1 aromatic carbocycles. The minimum absolute atomic E-state index is 0.210. The Kier molecular flexibility index (Phi) is 7.91. The zero-order chi connectivity index (χ0) is 26.4. The van der Waals surface area contributed by atoms with Crippen LogP contribution in [0, 0.1) is 0 Å². The second kappa shape index (κ2) is 12.0. The average molecular weight is 522 g/mol. The van der Waals surface area contributed by atoms with E-state index in [1.807, 2.05) is 30.9 Å². The van der Waals surface area contributed by atoms with E-state index in [4.69, 9.17) is 0 Å². The first kappa shape index (κ1) is 25.6. The summed E-state index contributed by atoms with van der Waals surface area (Å²) in [6.45, 7) is 6.36. The maximum Gasteiger partial charge on any atom is 0.398 e. The van der Waals surface area contributed by atoms with E-state index in [0.717, 1.165) is 67.1 Å². The van der Waals surface area contributed by atoms with Crippen LogP contribution in [-0.2, 0) is 24.3 Å². The van der Waals surface area contributed by atoms with E-state index >= 15 is 0 Å². The maximum absolute atomic E-state index is 13.4. The van der Waals surface area contributed by atoms with E-state index in [2.05, 4.69) is 54.0 Å². The van der Waals surface area contributed by atoms with E-state index in [1.54, 1.807) is 6.20 Å². The molecular weight excluding hydrogens is 484 g/mol. The van der Waals surface area contributed by atoms with Crippen molar-refractivity contribution in [2.75, 3.05) is 31.5 Å². The Morgan fingerprint density at radius 1 is 0.769 bits per heavy atom. The van der Waals surface area contributed by atoms with Crippen LogP contribution in [0.2, 0.25) is 0 Å². The minimum Gasteiger partial charge on any atom is -0.314 e. The number of amides is 1. The SMILES string of the molecule is O=C(Nc1cncc(CN2CCCCC2)c1)C1=[N+]=CCc2ccc(-c3cncc(CN4CCCCC4)c3)cc21. The minimum atomic E-state index is -0.210. The molecule has 0 atom stereocenters. The van der Waals surface area contributed by atoms with Gasteiger partial charge in [-0.1, -0.05) is 29.6 Å². The molecule has 0 aliphatic carbocycles. The summed E-state index contributed by atoms with van der Waals surface area (Å²) < 4.78 is 4.54. The Hall–Kier alpha value is -3.64. The number of nitrogens with one attached hydrogen (secondary N) is 1. The summed E-state index contributed by atoms with van der Waals surface area (Å²) in [5, 5.41) is 3.06. The normalized spacial score (nSPS) is 17.9. The molecule has 1 amide bonds. The predicted molar refractivity (Wildman–Crippen MR) is 157 cm³/mol. The van der Waals surface area contributed by atoms with Crippen molar-refractivity contribution < 1.29 is 4.79 Å². The molecule has 0 spiro atoms. The summed E-state index contributed by atoms with van der Waals surface area (Å²) in [6.07, 6.45) is 17.7. The van der Waals surface area contributed by atoms with Crippen LogP contribution >= 0.6 is 0 Å². The lowest BCUT2D eigenvalue weighted by atomic mass is 9.93. The fourth-order valence-electron chi connectivity index (χ4n) is 5.96. The number of carbonyl (C=O) groups excluding carboxylic acids is 1. The molecule has 3 aliphatic heterocycles. The molecule has 6 rings (SSSR count). The van der Waals surface area contributed by atoms with E-state index in [-0.39, 0.29) is 5.91 Å². The third-order valence-corrected chi connectivity index (χ3v) is 8.00. The third kappa shape index (κ3) is 6.34. The van der Waals surface area contributed by atoms with Crippen LogP contribution in [0.5, 0.6) is 0 Å². The van der Waals surface area contributed by atoms with E-state index in [1.165, 1.54) is 44.1 Å². The highest BCUT2D eigenvalue weighted by atomic mass is 16.1. The second-order valence-electron chi connectivity index (χ2n) is 11.0. The van der Waals surface area contributed by atoms with Gasteiger partial charge < -0.3 is 5.32 Å². The highest BCUT2D eigenvalue weighted by Gasteiger charge is 2.30. The third-order valence-electron chi connectivity index (χ3n) is 8.00. The van der Waals surface area contributed by atoms with Gasteiger partial charge in [0.25, 0.3) is 6.21 Å². The van der Waals surface area contributed by atoms with Crippen LogP contribution in [0.4, 0.5) is 5.69 Å². The molecule has 39 heavy (non-hydrogen) atoms. The first-order chi connectivity index (χ1) is 19.2. The van der Waals surface area contributed by atoms with Crippen LogP contribution < -0.4 is 9.98 Å². The Bertz CT molecular complexity index is 1400. The summed E-state index contributed by atoms with van der Waals surface area (Å²) in [5.74, 6) is -0.210. The number of nitrogens with zero attached hydrogens (tertiary/aromatic N) is 5. The molecule has 2 saturated heterocycles. The molecule has 0 unspecified atom stereocenters. The molecule has 0 saturated carbocycles. The van der Waals surface area contributed by atoms with Crippen LogP contribution in [0.3, 0.4) is 0 Å². The van der Waals surface area contributed by atoms with Crippen molar-refractivity contribution in [1.29, 1.82) is 0 Å². The lowest BCUT2D eigenvalue weighted by Gasteiger charge is -2.26. The molecule has 7 heteroatoms. The van der Waals surface area contributed by atoms with Gasteiger partial charge in [-0.3, -0.25) is 24.6 Å². The van der Waals surface area contributed by atoms with Crippen LogP contribution in [0.1, 0.15) is 60.8 Å². The monoisotopic (exact) mass is 521 g/mol. The van der Waals surface area contributed by atoms with Gasteiger partial charge in [0.2, 0.25) is 0 Å². The van der Waals surface area contributed by atoms with Crippen molar-refractivity contribution in [1.82, 2.24) is 24.4 Å². The number of hydrogen-bond acceptors (Lipinski definition) is 5. The molecule has 200 valence electrons. The second-order valence-corrected chi connectivity index (χ2v) is 11.0. The smallest absolute Gasteiger partial charge is 0.314 e. The summed E-state index contributed by atoms with van der Waals surface area (Å²) in [6, 6.07) is 10.6. The highest BCUT2D eigenvalue weighted by Crippen LogP contribution is 2.25. The first-order valence-corrected chi connectivity index (χ1v) is 14.4. The van der Waals surface area contributed by atoms with E-state index < -0.39 is 0 Å². The largest absolute Gasteiger partial charge is 0.398 e. The van der Waals surface area contributed by atoms with Gasteiger partial charge in [0.05, 0.1) is 23.9 Å². The van der Waals surface area contributed by atoms with Crippen molar-refractivity contribution >= 4 is 23.5 Å². The number of likely N-dealkylation sites (tertiary alicyclic amines) is 2. The maximum atomic E-state index is 13.4. The van der Waals surface area contributed by atoms with Gasteiger partial charge in [-0.25, -0.2) is 0 Å². The van der Waals surface area contributed by atoms with Crippen molar-refractivity contribution in [2.45, 2.75) is 58.0 Å². The van der Waals surface area contributed by atoms with Gasteiger partial charge in [0.15, 0.2) is 0 Å². The van der Waals surface area contributed by atoms with Gasteiger partial charge >= 0.3 is 11.6 Å². The number of anilines is 1. The summed E-state index contributed by atoms with van der Waals surface area (Å²) in [4.78, 5) is 27.4. The van der Waals surface area contributed by atoms with Gasteiger partial charge in [-0.15, -0.1) is 0 Å². The van der Waals surface area contributed by atoms with Crippen molar-refractivity contribution in [3.63, 3.8) is 0 Å². The Labute approximate surface area is 230 Å². The van der Waals surface area contributed by atoms with Crippen molar-refractivity contribution in [3.8, 4) is 11.1 Å². The fraction of sp³-hybridized carbons (Fsp3) is 0.406. The van der Waals surface area contributed by atoms with E-state index in [9.17, 15) is 4.79 Å². The first-order valence-electron chi connectivity index (χ1n) is 14.4. The molecule has 7 nitrogen and oxygen atoms in total. The molecular formula is C32H37N6O+. The number of hydrogen-bond donors (Lipinski definition) is 1. The van der Waals surface area contributed by atoms with Crippen LogP contribution in [-0.4, -0.2) is 63.8 Å². The number of benzene rings is 1. The van der Waals surface area contributed by atoms with Gasteiger partial charge in [0, 0.05) is 37.2 Å². The van der Waals surface area contributed by atoms with Crippen molar-refractivity contribution in [2.24, 2.45) is 0 Å². The summed E-state index contributed by atoms with van der Waals surface area (Å²) in [7, 11) is 0. The number of carbonyl (C=O) groups is 1. The molecule has 3 aromatic rings. The number of pyridine rings is 2. The van der Waals surface area contributed by atoms with Crippen molar-refractivity contribution in [3.05, 3.63) is 77.4 Å². The lowest BCUT2D eigenvalue weighted by molar-refractivity contribution is -0.110. The molecule has 3 aliphatic rings. The predicted octanol–water partition coefficient (Wildman–Crippen LogP) is 4.24. The highest BCUT2D eigenvalue weighted by molar-refractivity contribution is 6.49. The molecule has 0 radical (unpaired) electrons. The van der Waals surface area contributed by atoms with E-state index in [0.29, 0.717) is 17.8 Å². The Morgan fingerprint density at radius 3 is 2.15 bits per heavy atom. The van der Waals surface area contributed by atoms with Crippen LogP contribution in [0.25, 0.3) is 11.1 Å². The number of aromatic nitrogens is 2. The standard InChI is InChI=1S/C32H36N6O/c39-32(36-29-16-25(19-34-21-29)23-38-13-5-2-6-14-38)31-30-17-27(8-7-26(30)9-10-35-31)28-15-24(18-33-20-28)22-37-11-3-1-4-12-37/h7-8,10,15-21H,1-6,9,11-14,22-23H2/p+1. The van der Waals surface area contributed by atoms with Gasteiger partial charge in [0.1, 0.15) is 0 Å². The quantitative estimate of drug-likeness (QED) is 0.471. The molecule has 2 aromatic heterocycles. The average Bonchev–Trinajstić information content (AvgIpc) is 2.98. The Morgan fingerprint density at radius 2 is 1.44 bits per heavy atom. The van der Waals surface area contributed by atoms with Gasteiger partial charge in [-0.05, 0) is 92.3 Å². The van der Waals surface area contributed by atoms with Crippen LogP contribution in [0.15, 0.2) is 55.1 Å². The fourth-order valence-corrected chi connectivity index (χ4v) is 5.96. The lowest BCUT2D eigenvalue weighted by Crippen LogP contribution is -2.30. The molecule has 2 fully saturated rings. The Balaban J connectivity index is 1.19. The topological polar surface area (TPSA) is 75.5 Å². The zero-order valence-electron chi connectivity index (χ0n) is 22.6. The summed E-state index contributed by atoms with van der Waals surface area (Å²) >= 11 is 0. The molecule has 0 bridgehead atoms. The number of rotatable bonds is 7. The zero-order valence-corrected chi connectivity index (χ0v) is 22.6. The van der Waals surface area contributed by atoms with Gasteiger partial charge in [-0.2, -0.15) is 0 Å². The molecule has 1 N–H and O–H groups in total. The molecule has 5 heterocycles. The number of piperidine rings is 2. The summed E-state index contributed by atoms with van der Waals surface area (Å²) in [5.41, 5.74) is 7.59. The number of fused-ring (bicyclic) bond motifs is 1.